The van der Waals surface area contributed by atoms with E-state index in [0.29, 0.717) is 0 Å². The van der Waals surface area contributed by atoms with Crippen molar-refractivity contribution in [2.45, 2.75) is 12.8 Å². The third kappa shape index (κ3) is 4.60. The molecule has 25 heavy (non-hydrogen) atoms. The minimum atomic E-state index is 0.147. The molecular formula is C21H26N2O2. The number of rotatable bonds is 6. The zero-order valence-corrected chi connectivity index (χ0v) is 14.9. The second-order valence-electron chi connectivity index (χ2n) is 6.42. The molecule has 1 saturated heterocycles. The predicted octanol–water partition coefficient (Wildman–Crippen LogP) is 3.09. The van der Waals surface area contributed by atoms with Crippen molar-refractivity contribution < 1.29 is 9.53 Å². The van der Waals surface area contributed by atoms with Gasteiger partial charge in [-0.1, -0.05) is 36.4 Å². The first-order valence-electron chi connectivity index (χ1n) is 8.96. The summed E-state index contributed by atoms with van der Waals surface area (Å²) in [6, 6.07) is 17.8. The van der Waals surface area contributed by atoms with Gasteiger partial charge in [0.25, 0.3) is 5.91 Å². The van der Waals surface area contributed by atoms with Crippen LogP contribution >= 0.6 is 0 Å². The van der Waals surface area contributed by atoms with E-state index in [4.69, 9.17) is 4.74 Å². The van der Waals surface area contributed by atoms with Crippen molar-refractivity contribution in [3.8, 4) is 5.75 Å². The van der Waals surface area contributed by atoms with E-state index in [0.717, 1.165) is 56.9 Å². The number of amides is 1. The number of carbonyl (C=O) groups is 1. The van der Waals surface area contributed by atoms with Crippen molar-refractivity contribution in [2.24, 2.45) is 0 Å². The van der Waals surface area contributed by atoms with Gasteiger partial charge in [-0.05, 0) is 43.1 Å². The molecule has 132 valence electrons. The van der Waals surface area contributed by atoms with Crippen LogP contribution in [0, 0.1) is 0 Å². The van der Waals surface area contributed by atoms with Gasteiger partial charge >= 0.3 is 0 Å². The van der Waals surface area contributed by atoms with Crippen LogP contribution < -0.4 is 4.74 Å². The van der Waals surface area contributed by atoms with Gasteiger partial charge in [0.1, 0.15) is 5.75 Å². The van der Waals surface area contributed by atoms with Crippen LogP contribution in [-0.4, -0.2) is 55.5 Å². The minimum absolute atomic E-state index is 0.147. The van der Waals surface area contributed by atoms with Gasteiger partial charge < -0.3 is 9.64 Å². The lowest BCUT2D eigenvalue weighted by molar-refractivity contribution is 0.0636. The lowest BCUT2D eigenvalue weighted by Crippen LogP contribution is -2.48. The average Bonchev–Trinajstić information content (AvgIpc) is 2.69. The molecule has 0 unspecified atom stereocenters. The normalized spacial score (nSPS) is 15.2. The molecule has 3 rings (SSSR count). The van der Waals surface area contributed by atoms with Gasteiger partial charge in [-0.2, -0.15) is 0 Å². The topological polar surface area (TPSA) is 32.8 Å². The van der Waals surface area contributed by atoms with Gasteiger partial charge in [0.05, 0.1) is 7.11 Å². The second kappa shape index (κ2) is 8.67. The maximum absolute atomic E-state index is 12.5. The maximum atomic E-state index is 12.5. The van der Waals surface area contributed by atoms with E-state index in [2.05, 4.69) is 17.0 Å². The van der Waals surface area contributed by atoms with Crippen molar-refractivity contribution in [2.75, 3.05) is 39.8 Å². The summed E-state index contributed by atoms with van der Waals surface area (Å²) in [7, 11) is 1.72. The Labute approximate surface area is 150 Å². The number of hydrogen-bond donors (Lipinski definition) is 0. The molecule has 0 radical (unpaired) electrons. The zero-order valence-electron chi connectivity index (χ0n) is 14.9. The first-order valence-corrected chi connectivity index (χ1v) is 8.96. The Kier molecular flexibility index (Phi) is 6.07. The Bertz CT molecular complexity index is 679. The largest absolute Gasteiger partial charge is 0.496 e. The smallest absolute Gasteiger partial charge is 0.253 e. The van der Waals surface area contributed by atoms with Crippen molar-refractivity contribution in [3.05, 3.63) is 65.7 Å². The van der Waals surface area contributed by atoms with Gasteiger partial charge in [0.15, 0.2) is 0 Å². The Balaban J connectivity index is 1.43. The average molecular weight is 338 g/mol. The summed E-state index contributed by atoms with van der Waals surface area (Å²) < 4.78 is 5.41. The number of nitrogens with zero attached hydrogens (tertiary/aromatic N) is 2. The molecule has 0 spiro atoms. The molecule has 4 nitrogen and oxygen atoms in total. The highest BCUT2D eigenvalue weighted by Crippen LogP contribution is 2.19. The van der Waals surface area contributed by atoms with Crippen molar-refractivity contribution in [1.82, 2.24) is 9.80 Å². The first kappa shape index (κ1) is 17.5. The zero-order chi connectivity index (χ0) is 17.5. The Morgan fingerprint density at radius 1 is 0.960 bits per heavy atom. The van der Waals surface area contributed by atoms with Crippen molar-refractivity contribution in [1.29, 1.82) is 0 Å². The lowest BCUT2D eigenvalue weighted by Gasteiger charge is -2.34. The summed E-state index contributed by atoms with van der Waals surface area (Å²) in [6.45, 7) is 4.57. The molecule has 1 aliphatic heterocycles. The van der Waals surface area contributed by atoms with E-state index in [9.17, 15) is 4.79 Å². The molecule has 0 aromatic heterocycles. The van der Waals surface area contributed by atoms with Crippen LogP contribution in [0.1, 0.15) is 22.3 Å². The maximum Gasteiger partial charge on any atom is 0.253 e. The van der Waals surface area contributed by atoms with E-state index in [1.54, 1.807) is 7.11 Å². The summed E-state index contributed by atoms with van der Waals surface area (Å²) in [5.41, 5.74) is 2.05. The Morgan fingerprint density at radius 2 is 1.64 bits per heavy atom. The summed E-state index contributed by atoms with van der Waals surface area (Å²) in [5.74, 6) is 1.12. The summed E-state index contributed by atoms with van der Waals surface area (Å²) >= 11 is 0. The van der Waals surface area contributed by atoms with E-state index in [1.165, 1.54) is 5.56 Å². The molecule has 1 aliphatic rings. The molecule has 0 N–H and O–H groups in total. The van der Waals surface area contributed by atoms with Gasteiger partial charge in [-0.15, -0.1) is 0 Å². The van der Waals surface area contributed by atoms with Crippen LogP contribution in [0.3, 0.4) is 0 Å². The molecule has 1 amide bonds. The monoisotopic (exact) mass is 338 g/mol. The number of benzene rings is 2. The van der Waals surface area contributed by atoms with E-state index < -0.39 is 0 Å². The fourth-order valence-electron chi connectivity index (χ4n) is 3.34. The molecular weight excluding hydrogens is 312 g/mol. The number of piperazine rings is 1. The fraction of sp³-hybridized carbons (Fsp3) is 0.381. The summed E-state index contributed by atoms with van der Waals surface area (Å²) in [6.07, 6.45) is 2.13. The predicted molar refractivity (Wildman–Crippen MR) is 100 cm³/mol. The molecule has 0 saturated carbocycles. The fourth-order valence-corrected chi connectivity index (χ4v) is 3.34. The number of hydrogen-bond acceptors (Lipinski definition) is 3. The molecule has 0 atom stereocenters. The molecule has 4 heteroatoms. The highest BCUT2D eigenvalue weighted by atomic mass is 16.5. The van der Waals surface area contributed by atoms with Gasteiger partial charge in [0.2, 0.25) is 0 Å². The van der Waals surface area contributed by atoms with Crippen molar-refractivity contribution in [3.63, 3.8) is 0 Å². The molecule has 0 aliphatic carbocycles. The van der Waals surface area contributed by atoms with Crippen LogP contribution in [0.2, 0.25) is 0 Å². The van der Waals surface area contributed by atoms with Crippen LogP contribution in [-0.2, 0) is 6.42 Å². The third-order valence-electron chi connectivity index (χ3n) is 4.79. The summed E-state index contributed by atoms with van der Waals surface area (Å²) in [5, 5.41) is 0. The highest BCUT2D eigenvalue weighted by molar-refractivity contribution is 5.94. The quantitative estimate of drug-likeness (QED) is 0.811. The SMILES string of the molecule is COc1ccccc1CCCN1CCN(C(=O)c2ccccc2)CC1. The molecule has 1 fully saturated rings. The number of ether oxygens (including phenoxy) is 1. The molecule has 2 aromatic carbocycles. The first-order chi connectivity index (χ1) is 12.3. The van der Waals surface area contributed by atoms with E-state index in [1.807, 2.05) is 47.4 Å². The number of methoxy groups -OCH3 is 1. The molecule has 2 aromatic rings. The van der Waals surface area contributed by atoms with Gasteiger partial charge in [-0.25, -0.2) is 0 Å². The van der Waals surface area contributed by atoms with Crippen LogP contribution in [0.15, 0.2) is 54.6 Å². The number of aryl methyl sites for hydroxylation is 1. The van der Waals surface area contributed by atoms with Crippen molar-refractivity contribution >= 4 is 5.91 Å². The second-order valence-corrected chi connectivity index (χ2v) is 6.42. The lowest BCUT2D eigenvalue weighted by atomic mass is 10.1. The molecule has 1 heterocycles. The van der Waals surface area contributed by atoms with Crippen LogP contribution in [0.4, 0.5) is 0 Å². The highest BCUT2D eigenvalue weighted by Gasteiger charge is 2.21. The summed E-state index contributed by atoms with van der Waals surface area (Å²) in [4.78, 5) is 16.9. The molecule has 0 bridgehead atoms. The number of para-hydroxylation sites is 1. The van der Waals surface area contributed by atoms with Gasteiger partial charge in [0, 0.05) is 31.7 Å². The standard InChI is InChI=1S/C21H26N2O2/c1-25-20-12-6-5-8-18(20)11-7-13-22-14-16-23(17-15-22)21(24)19-9-3-2-4-10-19/h2-6,8-10,12H,7,11,13-17H2,1H3. The Morgan fingerprint density at radius 3 is 2.36 bits per heavy atom. The third-order valence-corrected chi connectivity index (χ3v) is 4.79. The van der Waals surface area contributed by atoms with Gasteiger partial charge in [-0.3, -0.25) is 9.69 Å². The Hall–Kier alpha value is -2.33. The van der Waals surface area contributed by atoms with E-state index in [-0.39, 0.29) is 5.91 Å². The minimum Gasteiger partial charge on any atom is -0.496 e. The van der Waals surface area contributed by atoms with Crippen LogP contribution in [0.25, 0.3) is 0 Å². The van der Waals surface area contributed by atoms with E-state index >= 15 is 0 Å². The number of carbonyl (C=O) groups excluding carboxylic acids is 1. The van der Waals surface area contributed by atoms with Crippen LogP contribution in [0.5, 0.6) is 5.75 Å².